The van der Waals surface area contributed by atoms with Gasteiger partial charge in [0.15, 0.2) is 0 Å². The van der Waals surface area contributed by atoms with Crippen molar-refractivity contribution in [2.45, 2.75) is 26.4 Å². The smallest absolute Gasteiger partial charge is 0.418 e. The molecule has 1 heterocycles. The zero-order chi connectivity index (χ0) is 13.9. The van der Waals surface area contributed by atoms with Crippen LogP contribution in [0.2, 0.25) is 0 Å². The number of carbonyl (C=O) groups is 2. The molecule has 0 unspecified atom stereocenters. The van der Waals surface area contributed by atoms with Gasteiger partial charge in [0.05, 0.1) is 18.4 Å². The van der Waals surface area contributed by atoms with Gasteiger partial charge in [-0.15, -0.1) is 0 Å². The number of rotatable bonds is 2. The highest BCUT2D eigenvalue weighted by Crippen LogP contribution is 2.17. The third kappa shape index (κ3) is 3.23. The van der Waals surface area contributed by atoms with Gasteiger partial charge in [-0.3, -0.25) is 4.57 Å². The van der Waals surface area contributed by atoms with Gasteiger partial charge in [0.2, 0.25) is 0 Å². The molecule has 5 nitrogen and oxygen atoms in total. The Kier molecular flexibility index (Phi) is 3.96. The predicted molar refractivity (Wildman–Crippen MR) is 67.1 cm³/mol. The van der Waals surface area contributed by atoms with E-state index in [9.17, 15) is 9.59 Å². The second kappa shape index (κ2) is 5.08. The van der Waals surface area contributed by atoms with Gasteiger partial charge in [-0.1, -0.05) is 6.58 Å². The van der Waals surface area contributed by atoms with Crippen LogP contribution in [0.5, 0.6) is 0 Å². The lowest BCUT2D eigenvalue weighted by molar-refractivity contribution is -0.133. The highest BCUT2D eigenvalue weighted by molar-refractivity contribution is 6.15. The summed E-state index contributed by atoms with van der Waals surface area (Å²) in [5.74, 6) is -0.585. The number of ether oxygens (including phenoxy) is 2. The number of nitrogens with zero attached hydrogens (tertiary/aromatic N) is 1. The Morgan fingerprint density at radius 1 is 1.33 bits per heavy atom. The van der Waals surface area contributed by atoms with Crippen LogP contribution in [-0.2, 0) is 14.3 Å². The monoisotopic (exact) mass is 251 g/mol. The van der Waals surface area contributed by atoms with Crippen LogP contribution in [0.4, 0.5) is 4.79 Å². The molecule has 0 atom stereocenters. The molecule has 0 saturated heterocycles. The summed E-state index contributed by atoms with van der Waals surface area (Å²) in [6, 6.07) is 3.23. The summed E-state index contributed by atoms with van der Waals surface area (Å²) in [7, 11) is 1.26. The highest BCUT2D eigenvalue weighted by atomic mass is 16.6. The number of hydrogen-bond acceptors (Lipinski definition) is 4. The van der Waals surface area contributed by atoms with E-state index in [1.807, 2.05) is 0 Å². The number of carbonyl (C=O) groups excluding carboxylic acids is 2. The van der Waals surface area contributed by atoms with Crippen molar-refractivity contribution in [3.63, 3.8) is 0 Å². The van der Waals surface area contributed by atoms with Crippen molar-refractivity contribution >= 4 is 17.6 Å². The molecule has 0 aliphatic carbocycles. The molecule has 0 aromatic carbocycles. The fraction of sp³-hybridized carbons (Fsp3) is 0.385. The van der Waals surface area contributed by atoms with E-state index < -0.39 is 17.7 Å². The summed E-state index contributed by atoms with van der Waals surface area (Å²) in [5, 5.41) is 0. The van der Waals surface area contributed by atoms with Gasteiger partial charge >= 0.3 is 12.1 Å². The van der Waals surface area contributed by atoms with Gasteiger partial charge < -0.3 is 9.47 Å². The second-order valence-electron chi connectivity index (χ2n) is 4.71. The Balaban J connectivity index is 2.99. The molecule has 0 bridgehead atoms. The van der Waals surface area contributed by atoms with E-state index in [4.69, 9.17) is 4.74 Å². The Labute approximate surface area is 106 Å². The first-order chi connectivity index (χ1) is 8.26. The molecule has 98 valence electrons. The van der Waals surface area contributed by atoms with Gasteiger partial charge in [-0.25, -0.2) is 9.59 Å². The molecular weight excluding hydrogens is 234 g/mol. The maximum Gasteiger partial charge on any atom is 0.418 e. The molecule has 0 aliphatic heterocycles. The summed E-state index contributed by atoms with van der Waals surface area (Å²) >= 11 is 0. The lowest BCUT2D eigenvalue weighted by Crippen LogP contribution is -2.27. The van der Waals surface area contributed by atoms with E-state index >= 15 is 0 Å². The maximum atomic E-state index is 11.9. The van der Waals surface area contributed by atoms with E-state index in [-0.39, 0.29) is 5.57 Å². The zero-order valence-electron chi connectivity index (χ0n) is 11.0. The lowest BCUT2D eigenvalue weighted by Gasteiger charge is -2.20. The lowest BCUT2D eigenvalue weighted by atomic mass is 10.2. The van der Waals surface area contributed by atoms with Crippen molar-refractivity contribution in [1.29, 1.82) is 0 Å². The van der Waals surface area contributed by atoms with Crippen molar-refractivity contribution in [3.05, 3.63) is 30.6 Å². The molecule has 0 amide bonds. The molecule has 0 spiro atoms. The Hall–Kier alpha value is -2.04. The Morgan fingerprint density at radius 3 is 2.44 bits per heavy atom. The first-order valence-corrected chi connectivity index (χ1v) is 5.44. The van der Waals surface area contributed by atoms with Gasteiger partial charge in [0.1, 0.15) is 5.60 Å². The molecule has 0 fully saturated rings. The second-order valence-corrected chi connectivity index (χ2v) is 4.71. The first kappa shape index (κ1) is 14.0. The van der Waals surface area contributed by atoms with Crippen LogP contribution in [0.3, 0.4) is 0 Å². The summed E-state index contributed by atoms with van der Waals surface area (Å²) in [6.07, 6.45) is 0.949. The predicted octanol–water partition coefficient (Wildman–Crippen LogP) is 2.46. The number of hydrogen-bond donors (Lipinski definition) is 0. The minimum atomic E-state index is -0.606. The normalized spacial score (nSPS) is 10.9. The molecule has 18 heavy (non-hydrogen) atoms. The quantitative estimate of drug-likeness (QED) is 0.598. The van der Waals surface area contributed by atoms with Crippen LogP contribution in [0.25, 0.3) is 5.57 Å². The maximum absolute atomic E-state index is 11.9. The third-order valence-electron chi connectivity index (χ3n) is 2.08. The van der Waals surface area contributed by atoms with Crippen LogP contribution in [0, 0.1) is 0 Å². The van der Waals surface area contributed by atoms with Crippen LogP contribution >= 0.6 is 0 Å². The van der Waals surface area contributed by atoms with E-state index in [0.29, 0.717) is 5.69 Å². The molecule has 0 radical (unpaired) electrons. The number of methoxy groups -OCH3 is 1. The van der Waals surface area contributed by atoms with Crippen LogP contribution in [-0.4, -0.2) is 29.3 Å². The summed E-state index contributed by atoms with van der Waals surface area (Å²) in [5.41, 5.74) is -0.143. The van der Waals surface area contributed by atoms with E-state index in [1.165, 1.54) is 17.9 Å². The summed E-state index contributed by atoms with van der Waals surface area (Å²) in [6.45, 7) is 8.91. The average molecular weight is 251 g/mol. The standard InChI is InChI=1S/C13H17NO4/c1-9(11(15)17-5)10-7-6-8-14(10)12(16)18-13(2,3)4/h6-8H,1H2,2-5H3. The van der Waals surface area contributed by atoms with Crippen LogP contribution < -0.4 is 0 Å². The molecule has 1 aromatic rings. The fourth-order valence-corrected chi connectivity index (χ4v) is 1.32. The summed E-state index contributed by atoms with van der Waals surface area (Å²) < 4.78 is 11.0. The first-order valence-electron chi connectivity index (χ1n) is 5.44. The van der Waals surface area contributed by atoms with Crippen LogP contribution in [0.1, 0.15) is 26.5 Å². The van der Waals surface area contributed by atoms with E-state index in [1.54, 1.807) is 32.9 Å². The van der Waals surface area contributed by atoms with Crippen molar-refractivity contribution in [2.75, 3.05) is 7.11 Å². The molecule has 0 N–H and O–H groups in total. The molecular formula is C13H17NO4. The minimum Gasteiger partial charge on any atom is -0.465 e. The third-order valence-corrected chi connectivity index (χ3v) is 2.08. The minimum absolute atomic E-state index is 0.105. The summed E-state index contributed by atoms with van der Waals surface area (Å²) in [4.78, 5) is 23.3. The van der Waals surface area contributed by atoms with Gasteiger partial charge in [0, 0.05) is 6.20 Å². The number of aromatic nitrogens is 1. The molecule has 0 saturated carbocycles. The van der Waals surface area contributed by atoms with Crippen molar-refractivity contribution < 1.29 is 19.1 Å². The zero-order valence-corrected chi connectivity index (χ0v) is 11.0. The van der Waals surface area contributed by atoms with Gasteiger partial charge in [-0.2, -0.15) is 0 Å². The average Bonchev–Trinajstić information content (AvgIpc) is 2.73. The van der Waals surface area contributed by atoms with Crippen LogP contribution in [0.15, 0.2) is 24.9 Å². The highest BCUT2D eigenvalue weighted by Gasteiger charge is 2.22. The van der Waals surface area contributed by atoms with E-state index in [2.05, 4.69) is 11.3 Å². The Morgan fingerprint density at radius 2 is 1.94 bits per heavy atom. The Bertz CT molecular complexity index is 479. The molecule has 1 rings (SSSR count). The van der Waals surface area contributed by atoms with Gasteiger partial charge in [0.25, 0.3) is 0 Å². The topological polar surface area (TPSA) is 57.5 Å². The molecule has 5 heteroatoms. The number of esters is 1. The molecule has 0 aliphatic rings. The fourth-order valence-electron chi connectivity index (χ4n) is 1.32. The van der Waals surface area contributed by atoms with Gasteiger partial charge in [-0.05, 0) is 32.9 Å². The SMILES string of the molecule is C=C(C(=O)OC)c1cccn1C(=O)OC(C)(C)C. The molecule has 1 aromatic heterocycles. The largest absolute Gasteiger partial charge is 0.465 e. The van der Waals surface area contributed by atoms with Crippen molar-refractivity contribution in [3.8, 4) is 0 Å². The van der Waals surface area contributed by atoms with Crippen molar-refractivity contribution in [2.24, 2.45) is 0 Å². The van der Waals surface area contributed by atoms with E-state index in [0.717, 1.165) is 0 Å². The van der Waals surface area contributed by atoms with Crippen molar-refractivity contribution in [1.82, 2.24) is 4.57 Å².